The molecule has 0 saturated heterocycles. The van der Waals surface area contributed by atoms with Gasteiger partial charge in [0, 0.05) is 17.2 Å². The molecule has 2 aromatic carbocycles. The van der Waals surface area contributed by atoms with Crippen LogP contribution < -0.4 is 24.4 Å². The maximum atomic E-state index is 12.8. The predicted molar refractivity (Wildman–Crippen MR) is 113 cm³/mol. The molecule has 0 unspecified atom stereocenters. The van der Waals surface area contributed by atoms with Gasteiger partial charge in [-0.15, -0.1) is 0 Å². The van der Waals surface area contributed by atoms with Crippen molar-refractivity contribution < 1.29 is 23.4 Å². The van der Waals surface area contributed by atoms with Gasteiger partial charge >= 0.3 is 0 Å². The second-order valence-corrected chi connectivity index (χ2v) is 7.69. The third kappa shape index (κ3) is 3.75. The van der Waals surface area contributed by atoms with Gasteiger partial charge in [-0.3, -0.25) is 4.79 Å². The van der Waals surface area contributed by atoms with Crippen molar-refractivity contribution >= 4 is 11.0 Å². The van der Waals surface area contributed by atoms with Gasteiger partial charge in [0.15, 0.2) is 16.9 Å². The smallest absolute Gasteiger partial charge is 0.203 e. The Balaban J connectivity index is 2.28. The van der Waals surface area contributed by atoms with Gasteiger partial charge < -0.3 is 23.4 Å². The number of benzene rings is 2. The van der Waals surface area contributed by atoms with Crippen molar-refractivity contribution in [2.24, 2.45) is 0 Å². The van der Waals surface area contributed by atoms with Gasteiger partial charge in [0.1, 0.15) is 17.1 Å². The Morgan fingerprint density at radius 1 is 0.759 bits per heavy atom. The molecule has 0 aliphatic heterocycles. The van der Waals surface area contributed by atoms with Crippen LogP contribution >= 0.6 is 0 Å². The summed E-state index contributed by atoms with van der Waals surface area (Å²) < 4.78 is 27.8. The Kier molecular flexibility index (Phi) is 5.46. The molecule has 29 heavy (non-hydrogen) atoms. The summed E-state index contributed by atoms with van der Waals surface area (Å²) in [4.78, 5) is 12.8. The lowest BCUT2D eigenvalue weighted by Gasteiger charge is -2.22. The van der Waals surface area contributed by atoms with Crippen molar-refractivity contribution in [1.82, 2.24) is 0 Å². The first-order valence-electron chi connectivity index (χ1n) is 9.20. The summed E-state index contributed by atoms with van der Waals surface area (Å²) >= 11 is 0. The third-order valence-corrected chi connectivity index (χ3v) is 4.81. The standard InChI is InChI=1S/C23H26O6/c1-23(2,3)15-11-18-14(10-19(15)25-4)16(24)12-17(29-18)13-8-20(26-5)22(28-7)21(9-13)27-6/h8-12H,1-7H3. The minimum atomic E-state index is -0.180. The van der Waals surface area contributed by atoms with Crippen molar-refractivity contribution in [1.29, 1.82) is 0 Å². The van der Waals surface area contributed by atoms with Gasteiger partial charge in [-0.05, 0) is 29.7 Å². The summed E-state index contributed by atoms with van der Waals surface area (Å²) in [5, 5.41) is 0.464. The molecule has 0 atom stereocenters. The Labute approximate surface area is 170 Å². The zero-order valence-electron chi connectivity index (χ0n) is 17.8. The quantitative estimate of drug-likeness (QED) is 0.615. The van der Waals surface area contributed by atoms with Gasteiger partial charge in [-0.1, -0.05) is 20.8 Å². The molecule has 0 aliphatic carbocycles. The van der Waals surface area contributed by atoms with Crippen molar-refractivity contribution in [2.75, 3.05) is 28.4 Å². The highest BCUT2D eigenvalue weighted by molar-refractivity contribution is 5.82. The van der Waals surface area contributed by atoms with Gasteiger partial charge in [-0.25, -0.2) is 0 Å². The average Bonchev–Trinajstić information content (AvgIpc) is 2.70. The molecule has 6 nitrogen and oxygen atoms in total. The lowest BCUT2D eigenvalue weighted by Crippen LogP contribution is -2.13. The number of hydrogen-bond acceptors (Lipinski definition) is 6. The summed E-state index contributed by atoms with van der Waals surface area (Å²) in [6.45, 7) is 6.24. The van der Waals surface area contributed by atoms with Crippen LogP contribution in [0.4, 0.5) is 0 Å². The molecular formula is C23H26O6. The molecule has 1 aromatic heterocycles. The monoisotopic (exact) mass is 398 g/mol. The van der Waals surface area contributed by atoms with Crippen LogP contribution in [0, 0.1) is 0 Å². The summed E-state index contributed by atoms with van der Waals surface area (Å²) in [7, 11) is 6.22. The van der Waals surface area contributed by atoms with Gasteiger partial charge in [-0.2, -0.15) is 0 Å². The van der Waals surface area contributed by atoms with Gasteiger partial charge in [0.05, 0.1) is 33.8 Å². The van der Waals surface area contributed by atoms with E-state index >= 15 is 0 Å². The molecule has 1 heterocycles. The molecule has 6 heteroatoms. The number of ether oxygens (including phenoxy) is 4. The Hall–Kier alpha value is -3.15. The van der Waals surface area contributed by atoms with E-state index in [0.717, 1.165) is 5.56 Å². The van der Waals surface area contributed by atoms with Crippen LogP contribution in [-0.4, -0.2) is 28.4 Å². The van der Waals surface area contributed by atoms with E-state index in [1.807, 2.05) is 6.07 Å². The summed E-state index contributed by atoms with van der Waals surface area (Å²) in [6.07, 6.45) is 0. The second-order valence-electron chi connectivity index (χ2n) is 7.69. The van der Waals surface area contributed by atoms with Gasteiger partial charge in [0.25, 0.3) is 0 Å². The van der Waals surface area contributed by atoms with Crippen LogP contribution in [0.2, 0.25) is 0 Å². The number of rotatable bonds is 5. The van der Waals surface area contributed by atoms with Crippen LogP contribution in [0.25, 0.3) is 22.3 Å². The maximum Gasteiger partial charge on any atom is 0.203 e. The first-order chi connectivity index (χ1) is 13.7. The largest absolute Gasteiger partial charge is 0.496 e. The minimum Gasteiger partial charge on any atom is -0.496 e. The SMILES string of the molecule is COc1cc2c(=O)cc(-c3cc(OC)c(OC)c(OC)c3)oc2cc1C(C)(C)C. The fourth-order valence-electron chi connectivity index (χ4n) is 3.30. The Bertz CT molecular complexity index is 1080. The molecule has 0 saturated carbocycles. The summed E-state index contributed by atoms with van der Waals surface area (Å²) in [6, 6.07) is 8.57. The third-order valence-electron chi connectivity index (χ3n) is 4.81. The van der Waals surface area contributed by atoms with Crippen LogP contribution in [0.1, 0.15) is 26.3 Å². The number of methoxy groups -OCH3 is 4. The highest BCUT2D eigenvalue weighted by atomic mass is 16.5. The van der Waals surface area contributed by atoms with Crippen LogP contribution in [0.3, 0.4) is 0 Å². The van der Waals surface area contributed by atoms with Crippen LogP contribution in [0.15, 0.2) is 39.5 Å². The zero-order valence-corrected chi connectivity index (χ0v) is 17.8. The highest BCUT2D eigenvalue weighted by Crippen LogP contribution is 2.42. The molecular weight excluding hydrogens is 372 g/mol. The average molecular weight is 398 g/mol. The summed E-state index contributed by atoms with van der Waals surface area (Å²) in [5.41, 5.74) is 1.76. The molecule has 3 aromatic rings. The van der Waals surface area contributed by atoms with E-state index in [1.54, 1.807) is 39.5 Å². The molecule has 0 N–H and O–H groups in total. The maximum absolute atomic E-state index is 12.8. The van der Waals surface area contributed by atoms with Crippen molar-refractivity contribution in [3.63, 3.8) is 0 Å². The van der Waals surface area contributed by atoms with Crippen molar-refractivity contribution in [3.05, 3.63) is 46.1 Å². The normalized spacial score (nSPS) is 11.4. The van der Waals surface area contributed by atoms with E-state index in [1.165, 1.54) is 13.2 Å². The minimum absolute atomic E-state index is 0.159. The van der Waals surface area contributed by atoms with E-state index in [-0.39, 0.29) is 10.8 Å². The molecule has 0 amide bonds. The lowest BCUT2D eigenvalue weighted by atomic mass is 9.86. The Morgan fingerprint density at radius 3 is 1.83 bits per heavy atom. The number of hydrogen-bond donors (Lipinski definition) is 0. The topological polar surface area (TPSA) is 67.1 Å². The molecule has 0 spiro atoms. The van der Waals surface area contributed by atoms with Crippen LogP contribution in [-0.2, 0) is 5.41 Å². The molecule has 0 aliphatic rings. The lowest BCUT2D eigenvalue weighted by molar-refractivity contribution is 0.324. The summed E-state index contributed by atoms with van der Waals surface area (Å²) in [5.74, 6) is 2.51. The molecule has 3 rings (SSSR count). The van der Waals surface area contributed by atoms with E-state index in [0.29, 0.717) is 45.3 Å². The molecule has 154 valence electrons. The van der Waals surface area contributed by atoms with E-state index in [4.69, 9.17) is 23.4 Å². The fourth-order valence-corrected chi connectivity index (χ4v) is 3.30. The first kappa shape index (κ1) is 20.6. The van der Waals surface area contributed by atoms with Crippen molar-refractivity contribution in [3.8, 4) is 34.3 Å². The highest BCUT2D eigenvalue weighted by Gasteiger charge is 2.22. The molecule has 0 fully saturated rings. The Morgan fingerprint density at radius 2 is 1.34 bits per heavy atom. The van der Waals surface area contributed by atoms with E-state index < -0.39 is 0 Å². The zero-order chi connectivity index (χ0) is 21.3. The number of fused-ring (bicyclic) bond motifs is 1. The fraction of sp³-hybridized carbons (Fsp3) is 0.348. The second kappa shape index (κ2) is 7.70. The van der Waals surface area contributed by atoms with Crippen LogP contribution in [0.5, 0.6) is 23.0 Å². The van der Waals surface area contributed by atoms with Gasteiger partial charge in [0.2, 0.25) is 5.75 Å². The molecule has 0 bridgehead atoms. The van der Waals surface area contributed by atoms with E-state index in [2.05, 4.69) is 20.8 Å². The van der Waals surface area contributed by atoms with Crippen molar-refractivity contribution in [2.45, 2.75) is 26.2 Å². The first-order valence-corrected chi connectivity index (χ1v) is 9.20. The van der Waals surface area contributed by atoms with E-state index in [9.17, 15) is 4.79 Å². The predicted octanol–water partition coefficient (Wildman–Crippen LogP) is 4.79. The molecule has 0 radical (unpaired) electrons.